The summed E-state index contributed by atoms with van der Waals surface area (Å²) in [6.07, 6.45) is -2.52. The minimum absolute atomic E-state index is 0.161. The fourth-order valence-corrected chi connectivity index (χ4v) is 12.6. The molecule has 520 valence electrons. The quantitative estimate of drug-likeness (QED) is 0.0216. The van der Waals surface area contributed by atoms with Gasteiger partial charge in [0.25, 0.3) is 12.6 Å². The van der Waals surface area contributed by atoms with E-state index in [0.29, 0.717) is 52.2 Å². The van der Waals surface area contributed by atoms with Crippen LogP contribution in [0.15, 0.2) is 133 Å². The molecule has 3 N–H and O–H groups in total. The van der Waals surface area contributed by atoms with Crippen molar-refractivity contribution >= 4 is 80.8 Å². The normalized spacial score (nSPS) is 16.5. The minimum Gasteiger partial charge on any atom is -0.466 e. The van der Waals surface area contributed by atoms with Crippen molar-refractivity contribution < 1.29 is 66.8 Å². The molecule has 2 aliphatic rings. The molecule has 2 aliphatic heterocycles. The van der Waals surface area contributed by atoms with E-state index in [9.17, 15) is 38.4 Å². The zero-order chi connectivity index (χ0) is 70.0. The maximum atomic E-state index is 14.8. The topological polar surface area (TPSA) is 241 Å². The molecule has 2 saturated heterocycles. The zero-order valence-electron chi connectivity index (χ0n) is 58.1. The number of ether oxygens (including phenoxy) is 6. The molecule has 21 nitrogen and oxygen atoms in total. The van der Waals surface area contributed by atoms with Gasteiger partial charge >= 0.3 is 36.1 Å². The Hall–Kier alpha value is -9.24. The second-order valence-electron chi connectivity index (χ2n) is 26.4. The largest absolute Gasteiger partial charge is 0.466 e. The number of amides is 4. The van der Waals surface area contributed by atoms with Crippen molar-refractivity contribution in [3.05, 3.63) is 156 Å². The first-order chi connectivity index (χ1) is 46.4. The Morgan fingerprint density at radius 1 is 0.454 bits per heavy atom. The molecule has 0 aromatic heterocycles. The van der Waals surface area contributed by atoms with E-state index < -0.39 is 109 Å². The highest BCUT2D eigenvalue weighted by Gasteiger charge is 2.41. The first-order valence-corrected chi connectivity index (χ1v) is 34.1. The Bertz CT molecular complexity index is 3430. The van der Waals surface area contributed by atoms with Gasteiger partial charge in [-0.2, -0.15) is 0 Å². The fourth-order valence-electron chi connectivity index (χ4n) is 12.6. The molecule has 0 aliphatic carbocycles. The van der Waals surface area contributed by atoms with Gasteiger partial charge in [-0.15, -0.1) is 0 Å². The maximum absolute atomic E-state index is 14.8. The summed E-state index contributed by atoms with van der Waals surface area (Å²) in [4.78, 5) is 117. The monoisotopic (exact) mass is 1330 g/mol. The number of carbonyl (C=O) groups excluding carboxylic acids is 8. The summed E-state index contributed by atoms with van der Waals surface area (Å²) in [6, 6.07) is 39.4. The third-order valence-electron chi connectivity index (χ3n) is 17.9. The second kappa shape index (κ2) is 34.6. The number of nitrogens with one attached hydrogen (secondary N) is 3. The molecule has 0 radical (unpaired) electrons. The molecule has 2 heterocycles. The van der Waals surface area contributed by atoms with E-state index in [-0.39, 0.29) is 36.9 Å². The molecule has 6 aromatic rings. The average molecular weight is 1330 g/mol. The smallest absolute Gasteiger partial charge is 0.413 e. The van der Waals surface area contributed by atoms with Crippen LogP contribution in [0.25, 0.3) is 21.5 Å². The van der Waals surface area contributed by atoms with E-state index in [2.05, 4.69) is 25.8 Å². The molecule has 2 fully saturated rings. The number of benzene rings is 6. The molecule has 97 heavy (non-hydrogen) atoms. The van der Waals surface area contributed by atoms with Crippen LogP contribution in [0.2, 0.25) is 0 Å². The molecule has 0 bridgehead atoms. The van der Waals surface area contributed by atoms with Gasteiger partial charge in [-0.3, -0.25) is 34.3 Å². The first kappa shape index (κ1) is 73.6. The van der Waals surface area contributed by atoms with Gasteiger partial charge in [0.15, 0.2) is 0 Å². The third-order valence-corrected chi connectivity index (χ3v) is 17.9. The highest BCUT2D eigenvalue weighted by atomic mass is 16.7. The Kier molecular flexibility index (Phi) is 26.3. The zero-order valence-corrected chi connectivity index (χ0v) is 58.1. The van der Waals surface area contributed by atoms with Gasteiger partial charge in [-0.05, 0) is 120 Å². The van der Waals surface area contributed by atoms with Gasteiger partial charge in [0.1, 0.15) is 12.1 Å². The summed E-state index contributed by atoms with van der Waals surface area (Å²) >= 11 is 0. The molecular formula is C76H97N7O14. The SMILES string of the molecule is CCOC(=O)Cc1ccc(N2CCC(N(C(=O)OC(OC(=O)[C@@H](NC(=O)CNCC(=O)N[C@H](C(=O)OC(OC(=O)N([C@H]3CCN(c4ccc(CC(=O)OCC)cc4)C3)[C@H](C)c3cccc4ccccc34)C(C)C)C(C)C)C(C)C)C(C)C)[C@H](C)c3cccc4ccccc34)C2)cc1. The number of rotatable bonds is 30. The second-order valence-corrected chi connectivity index (χ2v) is 26.4. The third kappa shape index (κ3) is 19.5. The molecule has 21 heteroatoms. The number of esters is 4. The van der Waals surface area contributed by atoms with Crippen LogP contribution in [-0.4, -0.2) is 147 Å². The summed E-state index contributed by atoms with van der Waals surface area (Å²) in [6.45, 7) is 23.5. The van der Waals surface area contributed by atoms with E-state index >= 15 is 0 Å². The van der Waals surface area contributed by atoms with E-state index in [1.807, 2.05) is 147 Å². The standard InChI is InChI=1S/C76H97N7O14/c1-13-92-67(86)41-53-29-33-57(34-30-53)80-39-37-59(45-80)82(51(11)61-27-19-23-55-21-15-17-25-63(55)61)75(90)96-73(49(7)8)94-71(88)69(47(3)4)78-65(84)43-77-44-66(85)79-70(48(5)6)72(89)95-74(50(9)10)97-76(91)83(52(12)62-28-20-24-56-22-16-18-26-64(56)62)60-38-40-81(46-60)58-35-31-54(32-36-58)42-68(87)93-14-2/h15-36,47-52,59-60,69-70,73-74,77H,13-14,37-46H2,1-12H3,(H,78,84)(H,79,85)/t51-,52-,59+,60?,69+,70+,73?,74?/m1/s1. The van der Waals surface area contributed by atoms with Gasteiger partial charge in [-0.1, -0.05) is 165 Å². The van der Waals surface area contributed by atoms with Crippen LogP contribution in [0, 0.1) is 23.7 Å². The van der Waals surface area contributed by atoms with Crippen LogP contribution in [0.4, 0.5) is 21.0 Å². The van der Waals surface area contributed by atoms with Gasteiger partial charge < -0.3 is 48.9 Å². The van der Waals surface area contributed by atoms with E-state index in [4.69, 9.17) is 28.4 Å². The molecule has 0 saturated carbocycles. The highest BCUT2D eigenvalue weighted by Crippen LogP contribution is 2.37. The molecular weight excluding hydrogens is 1230 g/mol. The number of carbonyl (C=O) groups is 8. The number of hydrogen-bond donors (Lipinski definition) is 3. The summed E-state index contributed by atoms with van der Waals surface area (Å²) in [5.41, 5.74) is 5.34. The molecule has 8 atom stereocenters. The van der Waals surface area contributed by atoms with Gasteiger partial charge in [0, 0.05) is 49.4 Å². The number of fused-ring (bicyclic) bond motifs is 2. The van der Waals surface area contributed by atoms with Crippen molar-refractivity contribution in [3.63, 3.8) is 0 Å². The summed E-state index contributed by atoms with van der Waals surface area (Å²) in [7, 11) is 0. The van der Waals surface area contributed by atoms with Crippen LogP contribution in [0.3, 0.4) is 0 Å². The Morgan fingerprint density at radius 2 is 0.814 bits per heavy atom. The van der Waals surface area contributed by atoms with Crippen molar-refractivity contribution in [2.45, 2.75) is 158 Å². The minimum atomic E-state index is -1.35. The summed E-state index contributed by atoms with van der Waals surface area (Å²) < 4.78 is 34.7. The Labute approximate surface area is 570 Å². The predicted octanol–water partition coefficient (Wildman–Crippen LogP) is 11.4. The number of anilines is 2. The Morgan fingerprint density at radius 3 is 1.16 bits per heavy atom. The molecule has 3 unspecified atom stereocenters. The Balaban J connectivity index is 0.872. The van der Waals surface area contributed by atoms with Crippen LogP contribution in [-0.2, 0) is 70.0 Å². The van der Waals surface area contributed by atoms with Crippen molar-refractivity contribution in [2.24, 2.45) is 23.7 Å². The van der Waals surface area contributed by atoms with Crippen molar-refractivity contribution in [3.8, 4) is 0 Å². The number of nitrogens with zero attached hydrogens (tertiary/aromatic N) is 4. The highest BCUT2D eigenvalue weighted by molar-refractivity contribution is 5.90. The first-order valence-electron chi connectivity index (χ1n) is 34.1. The van der Waals surface area contributed by atoms with E-state index in [0.717, 1.165) is 55.2 Å². The predicted molar refractivity (Wildman–Crippen MR) is 372 cm³/mol. The van der Waals surface area contributed by atoms with Crippen molar-refractivity contribution in [1.82, 2.24) is 25.8 Å². The number of hydrogen-bond acceptors (Lipinski definition) is 17. The average Bonchev–Trinajstić information content (AvgIpc) is 1.61. The maximum Gasteiger partial charge on any atom is 0.413 e. The summed E-state index contributed by atoms with van der Waals surface area (Å²) in [5, 5.41) is 12.2. The lowest BCUT2D eigenvalue weighted by Gasteiger charge is -2.36. The van der Waals surface area contributed by atoms with Crippen LogP contribution in [0.5, 0.6) is 0 Å². The lowest BCUT2D eigenvalue weighted by Crippen LogP contribution is -2.52. The van der Waals surface area contributed by atoms with Gasteiger partial charge in [0.2, 0.25) is 11.8 Å². The van der Waals surface area contributed by atoms with E-state index in [1.54, 1.807) is 79.0 Å². The molecule has 0 spiro atoms. The van der Waals surface area contributed by atoms with Crippen LogP contribution < -0.4 is 25.8 Å². The van der Waals surface area contributed by atoms with Crippen molar-refractivity contribution in [2.75, 3.05) is 62.3 Å². The lowest BCUT2D eigenvalue weighted by molar-refractivity contribution is -0.182. The summed E-state index contributed by atoms with van der Waals surface area (Å²) in [5.74, 6) is -5.48. The van der Waals surface area contributed by atoms with Gasteiger partial charge in [-0.25, -0.2) is 19.2 Å². The van der Waals surface area contributed by atoms with Gasteiger partial charge in [0.05, 0.1) is 63.3 Å². The lowest BCUT2D eigenvalue weighted by atomic mass is 9.97. The van der Waals surface area contributed by atoms with Crippen LogP contribution >= 0.6 is 0 Å². The molecule has 4 amide bonds. The van der Waals surface area contributed by atoms with Crippen molar-refractivity contribution in [1.29, 1.82) is 0 Å². The molecule has 6 aromatic carbocycles. The van der Waals surface area contributed by atoms with E-state index in [1.165, 1.54) is 0 Å². The molecule has 8 rings (SSSR count). The van der Waals surface area contributed by atoms with Crippen LogP contribution in [0.1, 0.15) is 130 Å². The fraction of sp³-hybridized carbons (Fsp3) is 0.474.